The van der Waals surface area contributed by atoms with E-state index in [1.807, 2.05) is 36.4 Å². The maximum absolute atomic E-state index is 13.2. The third kappa shape index (κ3) is 5.31. The van der Waals surface area contributed by atoms with Crippen molar-refractivity contribution in [3.05, 3.63) is 95.1 Å². The molecule has 0 spiro atoms. The quantitative estimate of drug-likeness (QED) is 0.194. The highest BCUT2D eigenvalue weighted by Gasteiger charge is 2.24. The molecular weight excluding hydrogens is 548 g/mol. The molecular formula is C30H24N2O6S2. The fourth-order valence-electron chi connectivity index (χ4n) is 4.23. The molecule has 0 fully saturated rings. The van der Waals surface area contributed by atoms with Gasteiger partial charge in [-0.3, -0.25) is 9.59 Å². The van der Waals surface area contributed by atoms with E-state index in [2.05, 4.69) is 10.6 Å². The minimum Gasteiger partial charge on any atom is -0.462 e. The van der Waals surface area contributed by atoms with Gasteiger partial charge in [-0.2, -0.15) is 0 Å². The SMILES string of the molecule is CCOC(=O)c1c(NC(=O)c2cccc(C(=O)Nc3sc4ccccc4c3C(=O)OCC)c2)sc2ccccc12. The molecule has 0 aliphatic rings. The number of carbonyl (C=O) groups excluding carboxylic acids is 4. The Morgan fingerprint density at radius 1 is 0.625 bits per heavy atom. The topological polar surface area (TPSA) is 111 Å². The van der Waals surface area contributed by atoms with Gasteiger partial charge in [0.15, 0.2) is 0 Å². The number of hydrogen-bond acceptors (Lipinski definition) is 8. The van der Waals surface area contributed by atoms with E-state index in [0.717, 1.165) is 9.40 Å². The van der Waals surface area contributed by atoms with Crippen LogP contribution in [0.2, 0.25) is 0 Å². The van der Waals surface area contributed by atoms with Crippen molar-refractivity contribution in [1.82, 2.24) is 0 Å². The van der Waals surface area contributed by atoms with Crippen molar-refractivity contribution in [2.45, 2.75) is 13.8 Å². The molecule has 0 atom stereocenters. The number of anilines is 2. The molecule has 8 nitrogen and oxygen atoms in total. The van der Waals surface area contributed by atoms with Gasteiger partial charge in [0.1, 0.15) is 21.1 Å². The highest BCUT2D eigenvalue weighted by molar-refractivity contribution is 7.24. The van der Waals surface area contributed by atoms with Crippen LogP contribution in [0.4, 0.5) is 10.0 Å². The Morgan fingerprint density at radius 2 is 1.05 bits per heavy atom. The second kappa shape index (κ2) is 11.7. The molecule has 5 aromatic rings. The van der Waals surface area contributed by atoms with Crippen LogP contribution in [-0.2, 0) is 9.47 Å². The molecule has 0 radical (unpaired) electrons. The smallest absolute Gasteiger partial charge is 0.341 e. The molecule has 40 heavy (non-hydrogen) atoms. The molecule has 2 heterocycles. The number of carbonyl (C=O) groups is 4. The monoisotopic (exact) mass is 572 g/mol. The maximum Gasteiger partial charge on any atom is 0.341 e. The number of benzene rings is 3. The third-order valence-electron chi connectivity index (χ3n) is 5.99. The van der Waals surface area contributed by atoms with E-state index in [0.29, 0.717) is 31.9 Å². The van der Waals surface area contributed by atoms with E-state index in [-0.39, 0.29) is 24.3 Å². The first kappa shape index (κ1) is 27.0. The van der Waals surface area contributed by atoms with Crippen LogP contribution in [0.25, 0.3) is 20.2 Å². The second-order valence-electron chi connectivity index (χ2n) is 8.53. The Bertz CT molecular complexity index is 1650. The average molecular weight is 573 g/mol. The van der Waals surface area contributed by atoms with E-state index < -0.39 is 23.8 Å². The normalized spacial score (nSPS) is 10.8. The van der Waals surface area contributed by atoms with Gasteiger partial charge >= 0.3 is 11.9 Å². The van der Waals surface area contributed by atoms with Gasteiger partial charge in [-0.25, -0.2) is 9.59 Å². The molecule has 5 rings (SSSR count). The van der Waals surface area contributed by atoms with Crippen molar-refractivity contribution in [2.24, 2.45) is 0 Å². The van der Waals surface area contributed by atoms with Gasteiger partial charge < -0.3 is 20.1 Å². The van der Waals surface area contributed by atoms with Crippen LogP contribution in [0.1, 0.15) is 55.3 Å². The number of amides is 2. The fraction of sp³-hybridized carbons (Fsp3) is 0.133. The molecule has 10 heteroatoms. The molecule has 3 aromatic carbocycles. The highest BCUT2D eigenvalue weighted by atomic mass is 32.1. The average Bonchev–Trinajstić information content (AvgIpc) is 3.50. The van der Waals surface area contributed by atoms with E-state index in [1.54, 1.807) is 44.2 Å². The summed E-state index contributed by atoms with van der Waals surface area (Å²) >= 11 is 2.54. The molecule has 202 valence electrons. The standard InChI is InChI=1S/C30H24N2O6S2/c1-3-37-29(35)23-19-12-5-7-14-21(19)39-27(23)31-25(33)17-10-9-11-18(16-17)26(34)32-28-24(30(36)38-4-2)20-13-6-8-15-22(20)40-28/h5-16H,3-4H2,1-2H3,(H,31,33)(H,32,34). The van der Waals surface area contributed by atoms with E-state index in [1.165, 1.54) is 28.7 Å². The third-order valence-corrected chi connectivity index (χ3v) is 8.16. The van der Waals surface area contributed by atoms with E-state index in [9.17, 15) is 19.2 Å². The first-order valence-electron chi connectivity index (χ1n) is 12.5. The van der Waals surface area contributed by atoms with Gasteiger partial charge in [-0.15, -0.1) is 22.7 Å². The Labute approximate surface area is 237 Å². The van der Waals surface area contributed by atoms with Gasteiger partial charge in [0.2, 0.25) is 0 Å². The van der Waals surface area contributed by atoms with Crippen molar-refractivity contribution in [1.29, 1.82) is 0 Å². The molecule has 2 aromatic heterocycles. The Morgan fingerprint density at radius 3 is 1.48 bits per heavy atom. The molecule has 0 bridgehead atoms. The summed E-state index contributed by atoms with van der Waals surface area (Å²) < 4.78 is 12.1. The van der Waals surface area contributed by atoms with Crippen LogP contribution in [0.3, 0.4) is 0 Å². The molecule has 0 saturated heterocycles. The van der Waals surface area contributed by atoms with Crippen molar-refractivity contribution in [3.8, 4) is 0 Å². The highest BCUT2D eigenvalue weighted by Crippen LogP contribution is 2.37. The zero-order chi connectivity index (χ0) is 28.2. The number of rotatable bonds is 8. The number of esters is 2. The lowest BCUT2D eigenvalue weighted by atomic mass is 10.1. The minimum atomic E-state index is -0.524. The van der Waals surface area contributed by atoms with Gasteiger partial charge in [0.25, 0.3) is 11.8 Å². The van der Waals surface area contributed by atoms with Gasteiger partial charge in [0.05, 0.1) is 13.2 Å². The van der Waals surface area contributed by atoms with Crippen LogP contribution in [0.5, 0.6) is 0 Å². The van der Waals surface area contributed by atoms with Crippen LogP contribution in [0, 0.1) is 0 Å². The number of fused-ring (bicyclic) bond motifs is 2. The lowest BCUT2D eigenvalue weighted by Crippen LogP contribution is -2.17. The number of thiophene rings is 2. The molecule has 2 amide bonds. The van der Waals surface area contributed by atoms with Crippen molar-refractivity contribution < 1.29 is 28.7 Å². The van der Waals surface area contributed by atoms with Crippen molar-refractivity contribution >= 4 is 76.6 Å². The predicted octanol–water partition coefficient (Wildman–Crippen LogP) is 6.97. The molecule has 2 N–H and O–H groups in total. The van der Waals surface area contributed by atoms with Crippen molar-refractivity contribution in [2.75, 3.05) is 23.8 Å². The molecule has 0 saturated carbocycles. The number of hydrogen-bond donors (Lipinski definition) is 2. The van der Waals surface area contributed by atoms with Crippen LogP contribution in [-0.4, -0.2) is 37.0 Å². The molecule has 0 aliphatic heterocycles. The first-order chi connectivity index (χ1) is 19.4. The Hall–Kier alpha value is -4.54. The van der Waals surface area contributed by atoms with Gasteiger partial charge in [-0.05, 0) is 44.2 Å². The first-order valence-corrected chi connectivity index (χ1v) is 14.1. The fourth-order valence-corrected chi connectivity index (χ4v) is 6.40. The Kier molecular flexibility index (Phi) is 7.90. The predicted molar refractivity (Wildman–Crippen MR) is 158 cm³/mol. The summed E-state index contributed by atoms with van der Waals surface area (Å²) in [6.45, 7) is 3.84. The zero-order valence-corrected chi connectivity index (χ0v) is 23.2. The van der Waals surface area contributed by atoms with Gasteiger partial charge in [0, 0.05) is 31.3 Å². The summed E-state index contributed by atoms with van der Waals surface area (Å²) in [7, 11) is 0. The zero-order valence-electron chi connectivity index (χ0n) is 21.6. The summed E-state index contributed by atoms with van der Waals surface area (Å²) in [5.74, 6) is -2.02. The lowest BCUT2D eigenvalue weighted by molar-refractivity contribution is 0.0520. The summed E-state index contributed by atoms with van der Waals surface area (Å²) in [5, 5.41) is 7.74. The Balaban J connectivity index is 1.41. The molecule has 0 aliphatic carbocycles. The summed E-state index contributed by atoms with van der Waals surface area (Å²) in [6, 6.07) is 20.9. The van der Waals surface area contributed by atoms with E-state index in [4.69, 9.17) is 9.47 Å². The van der Waals surface area contributed by atoms with Crippen LogP contribution < -0.4 is 10.6 Å². The van der Waals surface area contributed by atoms with Crippen LogP contribution in [0.15, 0.2) is 72.8 Å². The number of ether oxygens (including phenoxy) is 2. The number of nitrogens with one attached hydrogen (secondary N) is 2. The van der Waals surface area contributed by atoms with E-state index >= 15 is 0 Å². The second-order valence-corrected chi connectivity index (χ2v) is 10.6. The minimum absolute atomic E-state index is 0.200. The largest absolute Gasteiger partial charge is 0.462 e. The molecule has 0 unspecified atom stereocenters. The summed E-state index contributed by atoms with van der Waals surface area (Å²) in [5.41, 5.74) is 1.03. The lowest BCUT2D eigenvalue weighted by Gasteiger charge is -2.09. The van der Waals surface area contributed by atoms with Crippen molar-refractivity contribution in [3.63, 3.8) is 0 Å². The summed E-state index contributed by atoms with van der Waals surface area (Å²) in [4.78, 5) is 51.9. The summed E-state index contributed by atoms with van der Waals surface area (Å²) in [6.07, 6.45) is 0. The maximum atomic E-state index is 13.2. The van der Waals surface area contributed by atoms with Crippen LogP contribution >= 0.6 is 22.7 Å². The van der Waals surface area contributed by atoms with Gasteiger partial charge in [-0.1, -0.05) is 42.5 Å².